The van der Waals surface area contributed by atoms with E-state index in [2.05, 4.69) is 57.4 Å². The minimum atomic E-state index is 0.267. The second kappa shape index (κ2) is 9.38. The number of likely N-dealkylation sites (tertiary alicyclic amines) is 1. The van der Waals surface area contributed by atoms with Crippen molar-refractivity contribution in [2.24, 2.45) is 4.99 Å². The normalized spacial score (nSPS) is 14.7. The molecule has 1 aromatic carbocycles. The Balaban J connectivity index is 1.46. The number of aliphatic imine (C=N–C) groups is 1. The van der Waals surface area contributed by atoms with Gasteiger partial charge in [-0.2, -0.15) is 0 Å². The van der Waals surface area contributed by atoms with E-state index in [0.29, 0.717) is 19.5 Å². The summed E-state index contributed by atoms with van der Waals surface area (Å²) in [4.78, 5) is 19.4. The summed E-state index contributed by atoms with van der Waals surface area (Å²) in [5.41, 5.74) is 2.37. The Morgan fingerprint density at radius 3 is 2.85 bits per heavy atom. The minimum Gasteiger partial charge on any atom is -0.356 e. The first-order chi connectivity index (χ1) is 12.7. The summed E-state index contributed by atoms with van der Waals surface area (Å²) in [6.45, 7) is 3.15. The fourth-order valence-corrected chi connectivity index (χ4v) is 3.80. The highest BCUT2D eigenvalue weighted by molar-refractivity contribution is 7.09. The summed E-state index contributed by atoms with van der Waals surface area (Å²) in [6.07, 6.45) is 2.67. The number of nitrogens with one attached hydrogen (secondary N) is 2. The van der Waals surface area contributed by atoms with E-state index in [9.17, 15) is 4.79 Å². The molecule has 0 bridgehead atoms. The van der Waals surface area contributed by atoms with Gasteiger partial charge in [-0.25, -0.2) is 0 Å². The third-order valence-corrected chi connectivity index (χ3v) is 5.40. The molecule has 0 unspecified atom stereocenters. The number of guanidine groups is 1. The summed E-state index contributed by atoms with van der Waals surface area (Å²) >= 11 is 1.78. The van der Waals surface area contributed by atoms with E-state index < -0.39 is 0 Å². The molecule has 1 aliphatic rings. The zero-order chi connectivity index (χ0) is 18.2. The fourth-order valence-electron chi connectivity index (χ4n) is 3.09. The van der Waals surface area contributed by atoms with Crippen LogP contribution >= 0.6 is 11.3 Å². The molecule has 0 aliphatic carbocycles. The molecule has 0 saturated carbocycles. The van der Waals surface area contributed by atoms with Gasteiger partial charge in [0.05, 0.1) is 0 Å². The Kier molecular flexibility index (Phi) is 6.66. The Morgan fingerprint density at radius 2 is 2.12 bits per heavy atom. The molecule has 138 valence electrons. The second-order valence-electron chi connectivity index (χ2n) is 6.42. The summed E-state index contributed by atoms with van der Waals surface area (Å²) in [7, 11) is 1.79. The summed E-state index contributed by atoms with van der Waals surface area (Å²) in [6, 6.07) is 12.6. The number of benzene rings is 1. The van der Waals surface area contributed by atoms with Gasteiger partial charge in [-0.3, -0.25) is 9.79 Å². The quantitative estimate of drug-likeness (QED) is 0.582. The van der Waals surface area contributed by atoms with Crippen LogP contribution in [0.3, 0.4) is 0 Å². The lowest BCUT2D eigenvalue weighted by atomic mass is 10.1. The van der Waals surface area contributed by atoms with Crippen LogP contribution in [-0.4, -0.2) is 36.9 Å². The van der Waals surface area contributed by atoms with E-state index in [1.54, 1.807) is 18.4 Å². The van der Waals surface area contributed by atoms with Gasteiger partial charge >= 0.3 is 0 Å². The van der Waals surface area contributed by atoms with Crippen LogP contribution in [0.1, 0.15) is 28.8 Å². The van der Waals surface area contributed by atoms with Gasteiger partial charge in [0.15, 0.2) is 5.96 Å². The highest BCUT2D eigenvalue weighted by Gasteiger charge is 2.19. The predicted molar refractivity (Wildman–Crippen MR) is 107 cm³/mol. The van der Waals surface area contributed by atoms with Crippen LogP contribution in [0.15, 0.2) is 46.8 Å². The highest BCUT2D eigenvalue weighted by atomic mass is 32.1. The van der Waals surface area contributed by atoms with E-state index in [4.69, 9.17) is 0 Å². The van der Waals surface area contributed by atoms with Gasteiger partial charge in [-0.1, -0.05) is 30.3 Å². The van der Waals surface area contributed by atoms with Crippen molar-refractivity contribution in [1.29, 1.82) is 0 Å². The first-order valence-electron chi connectivity index (χ1n) is 9.07. The molecule has 0 spiro atoms. The van der Waals surface area contributed by atoms with Gasteiger partial charge in [0.1, 0.15) is 0 Å². The van der Waals surface area contributed by atoms with Gasteiger partial charge in [-0.15, -0.1) is 11.3 Å². The molecule has 5 nitrogen and oxygen atoms in total. The molecule has 1 aliphatic heterocycles. The number of nitrogens with zero attached hydrogens (tertiary/aromatic N) is 2. The zero-order valence-electron chi connectivity index (χ0n) is 15.2. The molecular weight excluding hydrogens is 344 g/mol. The van der Waals surface area contributed by atoms with E-state index >= 15 is 0 Å². The average molecular weight is 371 g/mol. The van der Waals surface area contributed by atoms with Crippen molar-refractivity contribution in [3.05, 3.63) is 57.8 Å². The molecule has 2 N–H and O–H groups in total. The molecule has 26 heavy (non-hydrogen) atoms. The lowest BCUT2D eigenvalue weighted by Crippen LogP contribution is -2.37. The Labute approximate surface area is 159 Å². The molecular formula is C20H26N4OS. The minimum absolute atomic E-state index is 0.267. The van der Waals surface area contributed by atoms with Gasteiger partial charge in [-0.05, 0) is 35.4 Å². The van der Waals surface area contributed by atoms with Crippen LogP contribution in [0.2, 0.25) is 0 Å². The van der Waals surface area contributed by atoms with Crippen LogP contribution in [0.25, 0.3) is 0 Å². The van der Waals surface area contributed by atoms with Crippen LogP contribution in [0, 0.1) is 0 Å². The van der Waals surface area contributed by atoms with Gasteiger partial charge in [0.2, 0.25) is 5.91 Å². The zero-order valence-corrected chi connectivity index (χ0v) is 16.0. The Hall–Kier alpha value is -2.34. The van der Waals surface area contributed by atoms with Crippen molar-refractivity contribution in [2.75, 3.05) is 20.1 Å². The molecule has 1 fully saturated rings. The molecule has 0 atom stereocenters. The molecule has 1 amide bonds. The number of thiophene rings is 1. The van der Waals surface area contributed by atoms with Gasteiger partial charge in [0, 0.05) is 44.5 Å². The average Bonchev–Trinajstić information content (AvgIpc) is 3.31. The van der Waals surface area contributed by atoms with Gasteiger partial charge < -0.3 is 15.5 Å². The molecule has 1 aromatic heterocycles. The number of hydrogen-bond acceptors (Lipinski definition) is 3. The molecule has 2 aromatic rings. The molecule has 3 rings (SSSR count). The van der Waals surface area contributed by atoms with E-state index in [1.165, 1.54) is 16.0 Å². The number of hydrogen-bond donors (Lipinski definition) is 2. The summed E-state index contributed by atoms with van der Waals surface area (Å²) < 4.78 is 0. The molecule has 0 radical (unpaired) electrons. The third kappa shape index (κ3) is 5.33. The molecule has 2 heterocycles. The van der Waals surface area contributed by atoms with E-state index in [1.807, 2.05) is 4.90 Å². The van der Waals surface area contributed by atoms with Crippen molar-refractivity contribution in [1.82, 2.24) is 15.5 Å². The Bertz CT molecular complexity index is 742. The van der Waals surface area contributed by atoms with Crippen LogP contribution in [0.4, 0.5) is 0 Å². The first-order valence-corrected chi connectivity index (χ1v) is 9.95. The van der Waals surface area contributed by atoms with Crippen LogP contribution < -0.4 is 10.6 Å². The number of amides is 1. The van der Waals surface area contributed by atoms with Crippen LogP contribution in [0.5, 0.6) is 0 Å². The summed E-state index contributed by atoms with van der Waals surface area (Å²) in [5.74, 6) is 1.07. The van der Waals surface area contributed by atoms with Crippen molar-refractivity contribution >= 4 is 23.2 Å². The highest BCUT2D eigenvalue weighted by Crippen LogP contribution is 2.15. The topological polar surface area (TPSA) is 56.7 Å². The Morgan fingerprint density at radius 1 is 1.23 bits per heavy atom. The lowest BCUT2D eigenvalue weighted by Gasteiger charge is -2.16. The van der Waals surface area contributed by atoms with E-state index in [-0.39, 0.29) is 5.91 Å². The van der Waals surface area contributed by atoms with Gasteiger partial charge in [0.25, 0.3) is 0 Å². The number of carbonyl (C=O) groups is 1. The standard InChI is InChI=1S/C20H26N4OS/c1-21-20(22-10-9-18-7-4-12-26-18)23-14-16-5-2-6-17(13-16)15-24-11-3-8-19(24)25/h2,4-7,12-13H,3,8-11,14-15H2,1H3,(H2,21,22,23). The van der Waals surface area contributed by atoms with Crippen molar-refractivity contribution in [3.8, 4) is 0 Å². The first kappa shape index (κ1) is 18.5. The van der Waals surface area contributed by atoms with Crippen molar-refractivity contribution < 1.29 is 4.79 Å². The third-order valence-electron chi connectivity index (χ3n) is 4.46. The second-order valence-corrected chi connectivity index (χ2v) is 7.45. The maximum Gasteiger partial charge on any atom is 0.222 e. The monoisotopic (exact) mass is 370 g/mol. The maximum absolute atomic E-state index is 11.8. The smallest absolute Gasteiger partial charge is 0.222 e. The fraction of sp³-hybridized carbons (Fsp3) is 0.400. The number of rotatable bonds is 7. The predicted octanol–water partition coefficient (Wildman–Crippen LogP) is 2.78. The maximum atomic E-state index is 11.8. The molecule has 1 saturated heterocycles. The SMILES string of the molecule is CN=C(NCCc1cccs1)NCc1cccc(CN2CCCC2=O)c1. The lowest BCUT2D eigenvalue weighted by molar-refractivity contribution is -0.128. The summed E-state index contributed by atoms with van der Waals surface area (Å²) in [5, 5.41) is 8.81. The largest absolute Gasteiger partial charge is 0.356 e. The van der Waals surface area contributed by atoms with Crippen molar-refractivity contribution in [3.63, 3.8) is 0 Å². The van der Waals surface area contributed by atoms with Crippen molar-refractivity contribution in [2.45, 2.75) is 32.4 Å². The molecule has 6 heteroatoms. The van der Waals surface area contributed by atoms with Crippen LogP contribution in [-0.2, 0) is 24.3 Å². The number of carbonyl (C=O) groups excluding carboxylic acids is 1. The van der Waals surface area contributed by atoms with E-state index in [0.717, 1.165) is 31.9 Å².